The SMILES string of the molecule is ClC=CCON=Cc1cc[c]cc1. The fraction of sp³-hybridized carbons (Fsp3) is 0.100. The van der Waals surface area contributed by atoms with Crippen LogP contribution in [0.3, 0.4) is 0 Å². The number of rotatable bonds is 4. The average molecular weight is 195 g/mol. The minimum atomic E-state index is 0.388. The molecule has 0 amide bonds. The maximum Gasteiger partial charge on any atom is 0.136 e. The molecule has 1 aromatic carbocycles. The Morgan fingerprint density at radius 1 is 1.46 bits per heavy atom. The Bertz CT molecular complexity index is 282. The molecule has 0 heterocycles. The first-order valence-electron chi connectivity index (χ1n) is 3.80. The van der Waals surface area contributed by atoms with E-state index in [4.69, 9.17) is 16.4 Å². The van der Waals surface area contributed by atoms with Crippen LogP contribution in [0.5, 0.6) is 0 Å². The highest BCUT2D eigenvalue weighted by Gasteiger charge is 1.82. The lowest BCUT2D eigenvalue weighted by Crippen LogP contribution is -1.84. The van der Waals surface area contributed by atoms with Gasteiger partial charge in [-0.15, -0.1) is 0 Å². The van der Waals surface area contributed by atoms with Gasteiger partial charge in [0.2, 0.25) is 0 Å². The molecule has 0 unspecified atom stereocenters. The van der Waals surface area contributed by atoms with E-state index in [1.165, 1.54) is 5.54 Å². The van der Waals surface area contributed by atoms with Crippen LogP contribution in [-0.2, 0) is 4.84 Å². The van der Waals surface area contributed by atoms with E-state index < -0.39 is 0 Å². The van der Waals surface area contributed by atoms with Gasteiger partial charge >= 0.3 is 0 Å². The van der Waals surface area contributed by atoms with E-state index in [0.717, 1.165) is 5.56 Å². The topological polar surface area (TPSA) is 21.6 Å². The number of halogens is 1. The predicted octanol–water partition coefficient (Wildman–Crippen LogP) is 2.59. The van der Waals surface area contributed by atoms with Crippen molar-refractivity contribution >= 4 is 17.8 Å². The van der Waals surface area contributed by atoms with Gasteiger partial charge in [0.25, 0.3) is 0 Å². The van der Waals surface area contributed by atoms with E-state index in [2.05, 4.69) is 11.2 Å². The smallest absolute Gasteiger partial charge is 0.136 e. The minimum Gasteiger partial charge on any atom is -0.392 e. The average Bonchev–Trinajstić information content (AvgIpc) is 2.19. The first-order chi connectivity index (χ1) is 6.43. The lowest BCUT2D eigenvalue weighted by atomic mass is 10.2. The largest absolute Gasteiger partial charge is 0.392 e. The van der Waals surface area contributed by atoms with E-state index in [9.17, 15) is 0 Å². The summed E-state index contributed by atoms with van der Waals surface area (Å²) >= 11 is 5.28. The van der Waals surface area contributed by atoms with Crippen molar-refractivity contribution < 1.29 is 4.84 Å². The molecule has 0 N–H and O–H groups in total. The van der Waals surface area contributed by atoms with Crippen LogP contribution in [0.2, 0.25) is 0 Å². The minimum absolute atomic E-state index is 0.388. The molecule has 1 radical (unpaired) electrons. The Morgan fingerprint density at radius 2 is 2.23 bits per heavy atom. The van der Waals surface area contributed by atoms with Gasteiger partial charge in [-0.1, -0.05) is 41.0 Å². The van der Waals surface area contributed by atoms with Gasteiger partial charge in [0, 0.05) is 5.54 Å². The Morgan fingerprint density at radius 3 is 2.92 bits per heavy atom. The Kier molecular flexibility index (Phi) is 4.72. The Hall–Kier alpha value is -1.28. The summed E-state index contributed by atoms with van der Waals surface area (Å²) in [6.45, 7) is 0.388. The number of oxime groups is 1. The Labute approximate surface area is 82.5 Å². The molecule has 1 aromatic rings. The number of hydrogen-bond donors (Lipinski definition) is 0. The third kappa shape index (κ3) is 4.33. The van der Waals surface area contributed by atoms with Gasteiger partial charge in [-0.2, -0.15) is 0 Å². The first kappa shape index (κ1) is 9.81. The first-order valence-corrected chi connectivity index (χ1v) is 4.24. The molecule has 0 fully saturated rings. The molecule has 13 heavy (non-hydrogen) atoms. The second kappa shape index (κ2) is 6.26. The monoisotopic (exact) mass is 194 g/mol. The van der Waals surface area contributed by atoms with Crippen molar-refractivity contribution in [3.05, 3.63) is 47.5 Å². The van der Waals surface area contributed by atoms with E-state index in [1.807, 2.05) is 24.3 Å². The van der Waals surface area contributed by atoms with Crippen LogP contribution in [0.4, 0.5) is 0 Å². The van der Waals surface area contributed by atoms with Crippen LogP contribution < -0.4 is 0 Å². The van der Waals surface area contributed by atoms with Crippen molar-refractivity contribution in [2.75, 3.05) is 6.61 Å². The molecule has 0 bridgehead atoms. The molecular weight excluding hydrogens is 186 g/mol. The van der Waals surface area contributed by atoms with E-state index in [1.54, 1.807) is 12.3 Å². The second-order valence-corrected chi connectivity index (χ2v) is 2.48. The summed E-state index contributed by atoms with van der Waals surface area (Å²) in [6, 6.07) is 10.3. The van der Waals surface area contributed by atoms with Crippen LogP contribution in [0.1, 0.15) is 5.56 Å². The van der Waals surface area contributed by atoms with Gasteiger partial charge in [0.1, 0.15) is 6.61 Å². The van der Waals surface area contributed by atoms with Crippen molar-refractivity contribution in [2.45, 2.75) is 0 Å². The molecule has 67 valence electrons. The highest BCUT2D eigenvalue weighted by molar-refractivity contribution is 6.25. The molecule has 0 spiro atoms. The molecular formula is C10H9ClNO. The highest BCUT2D eigenvalue weighted by atomic mass is 35.5. The summed E-state index contributed by atoms with van der Waals surface area (Å²) in [6.07, 6.45) is 3.30. The maximum absolute atomic E-state index is 5.28. The van der Waals surface area contributed by atoms with E-state index >= 15 is 0 Å². The standard InChI is InChI=1S/C10H9ClNO/c11-7-4-8-13-12-9-10-5-2-1-3-6-10/h2-7,9H,8H2. The van der Waals surface area contributed by atoms with Crippen molar-refractivity contribution in [3.8, 4) is 0 Å². The molecule has 0 saturated heterocycles. The van der Waals surface area contributed by atoms with Gasteiger partial charge in [-0.3, -0.25) is 0 Å². The summed E-state index contributed by atoms with van der Waals surface area (Å²) in [5.41, 5.74) is 2.38. The molecule has 0 aromatic heterocycles. The zero-order chi connectivity index (χ0) is 9.36. The third-order valence-corrected chi connectivity index (χ3v) is 1.46. The molecule has 0 saturated carbocycles. The Balaban J connectivity index is 2.32. The van der Waals surface area contributed by atoms with Gasteiger partial charge in [-0.05, 0) is 17.7 Å². The van der Waals surface area contributed by atoms with E-state index in [0.29, 0.717) is 6.61 Å². The van der Waals surface area contributed by atoms with Crippen molar-refractivity contribution in [1.82, 2.24) is 0 Å². The lowest BCUT2D eigenvalue weighted by Gasteiger charge is -1.92. The van der Waals surface area contributed by atoms with Crippen molar-refractivity contribution in [1.29, 1.82) is 0 Å². The molecule has 0 aliphatic rings. The molecule has 0 atom stereocenters. The predicted molar refractivity (Wildman–Crippen MR) is 53.8 cm³/mol. The van der Waals surface area contributed by atoms with Crippen LogP contribution >= 0.6 is 11.6 Å². The third-order valence-electron chi connectivity index (χ3n) is 1.28. The lowest BCUT2D eigenvalue weighted by molar-refractivity contribution is 0.176. The van der Waals surface area contributed by atoms with Gasteiger partial charge < -0.3 is 4.84 Å². The summed E-state index contributed by atoms with van der Waals surface area (Å²) in [7, 11) is 0. The van der Waals surface area contributed by atoms with E-state index in [-0.39, 0.29) is 0 Å². The summed E-state index contributed by atoms with van der Waals surface area (Å²) in [5.74, 6) is 0. The maximum atomic E-state index is 5.28. The quantitative estimate of drug-likeness (QED) is 0.410. The molecule has 1 rings (SSSR count). The number of hydrogen-bond acceptors (Lipinski definition) is 2. The summed E-state index contributed by atoms with van der Waals surface area (Å²) in [4.78, 5) is 4.87. The fourth-order valence-corrected chi connectivity index (χ4v) is 0.779. The van der Waals surface area contributed by atoms with Crippen molar-refractivity contribution in [2.24, 2.45) is 5.16 Å². The summed E-state index contributed by atoms with van der Waals surface area (Å²) in [5, 5.41) is 3.73. The normalized spacial score (nSPS) is 11.2. The fourth-order valence-electron chi connectivity index (χ4n) is 0.706. The van der Waals surface area contributed by atoms with Crippen LogP contribution in [0.15, 0.2) is 41.0 Å². The molecule has 3 heteroatoms. The van der Waals surface area contributed by atoms with Crippen LogP contribution in [-0.4, -0.2) is 12.8 Å². The number of nitrogens with zero attached hydrogens (tertiary/aromatic N) is 1. The van der Waals surface area contributed by atoms with Crippen LogP contribution in [0.25, 0.3) is 0 Å². The highest BCUT2D eigenvalue weighted by Crippen LogP contribution is 1.93. The zero-order valence-corrected chi connectivity index (χ0v) is 7.74. The van der Waals surface area contributed by atoms with Gasteiger partial charge in [-0.25, -0.2) is 0 Å². The molecule has 0 aliphatic heterocycles. The second-order valence-electron chi connectivity index (χ2n) is 2.23. The molecule has 2 nitrogen and oxygen atoms in total. The summed E-state index contributed by atoms with van der Waals surface area (Å²) < 4.78 is 0. The molecule has 0 aliphatic carbocycles. The van der Waals surface area contributed by atoms with Crippen molar-refractivity contribution in [3.63, 3.8) is 0 Å². The zero-order valence-electron chi connectivity index (χ0n) is 6.98. The number of benzene rings is 1. The van der Waals surface area contributed by atoms with Crippen LogP contribution in [0, 0.1) is 6.07 Å². The van der Waals surface area contributed by atoms with Gasteiger partial charge in [0.15, 0.2) is 0 Å². The van der Waals surface area contributed by atoms with Gasteiger partial charge in [0.05, 0.1) is 6.21 Å².